The molecule has 0 bridgehead atoms. The van der Waals surface area contributed by atoms with Crippen LogP contribution in [0.15, 0.2) is 35.9 Å². The Morgan fingerprint density at radius 2 is 2.00 bits per heavy atom. The number of fused-ring (bicyclic) bond motifs is 1. The van der Waals surface area contributed by atoms with Crippen molar-refractivity contribution in [1.82, 2.24) is 0 Å². The van der Waals surface area contributed by atoms with Gasteiger partial charge in [0.15, 0.2) is 0 Å². The Balaban J connectivity index is 1.73. The third-order valence-electron chi connectivity index (χ3n) is 4.49. The van der Waals surface area contributed by atoms with Crippen molar-refractivity contribution < 1.29 is 14.3 Å². The summed E-state index contributed by atoms with van der Waals surface area (Å²) in [5.74, 6) is -0.912. The molecule has 0 aliphatic heterocycles. The van der Waals surface area contributed by atoms with E-state index in [2.05, 4.69) is 6.08 Å². The Morgan fingerprint density at radius 1 is 1.25 bits per heavy atom. The van der Waals surface area contributed by atoms with Crippen molar-refractivity contribution in [2.24, 2.45) is 5.92 Å². The van der Waals surface area contributed by atoms with Crippen molar-refractivity contribution in [3.63, 3.8) is 0 Å². The number of carbonyl (C=O) groups is 1. The van der Waals surface area contributed by atoms with Crippen LogP contribution in [-0.4, -0.2) is 16.7 Å². The van der Waals surface area contributed by atoms with Crippen LogP contribution in [0.3, 0.4) is 0 Å². The topological polar surface area (TPSA) is 37.3 Å². The van der Waals surface area contributed by atoms with Crippen molar-refractivity contribution in [2.75, 3.05) is 0 Å². The molecule has 0 saturated heterocycles. The van der Waals surface area contributed by atoms with Crippen molar-refractivity contribution in [3.05, 3.63) is 47.0 Å². The summed E-state index contributed by atoms with van der Waals surface area (Å²) in [7, 11) is 0. The third kappa shape index (κ3) is 2.62. The van der Waals surface area contributed by atoms with E-state index in [4.69, 9.17) is 5.11 Å². The number of halogens is 1. The van der Waals surface area contributed by atoms with Crippen LogP contribution in [0.5, 0.6) is 0 Å². The molecule has 1 aromatic rings. The Bertz CT molecular complexity index is 547. The summed E-state index contributed by atoms with van der Waals surface area (Å²) < 4.78 is 15.2. The molecule has 20 heavy (non-hydrogen) atoms. The van der Waals surface area contributed by atoms with Crippen LogP contribution in [0.25, 0.3) is 0 Å². The highest BCUT2D eigenvalue weighted by Crippen LogP contribution is 2.49. The van der Waals surface area contributed by atoms with Gasteiger partial charge < -0.3 is 5.11 Å². The quantitative estimate of drug-likeness (QED) is 0.840. The van der Waals surface area contributed by atoms with Crippen LogP contribution in [-0.2, 0) is 6.42 Å². The van der Waals surface area contributed by atoms with Crippen molar-refractivity contribution in [1.29, 1.82) is 0 Å². The number of rotatable bonds is 3. The van der Waals surface area contributed by atoms with Gasteiger partial charge in [-0.25, -0.2) is 9.18 Å². The van der Waals surface area contributed by atoms with E-state index in [1.165, 1.54) is 12.0 Å². The normalized spacial score (nSPS) is 28.9. The van der Waals surface area contributed by atoms with Crippen LogP contribution < -0.4 is 0 Å². The summed E-state index contributed by atoms with van der Waals surface area (Å²) in [5, 5.41) is 8.88. The van der Waals surface area contributed by atoms with Crippen molar-refractivity contribution in [3.8, 4) is 0 Å². The smallest absolute Gasteiger partial charge is 0.335 e. The zero-order valence-corrected chi connectivity index (χ0v) is 11.4. The highest BCUT2D eigenvalue weighted by molar-refractivity contribution is 5.87. The molecule has 2 atom stereocenters. The summed E-state index contributed by atoms with van der Waals surface area (Å²) >= 11 is 0. The lowest BCUT2D eigenvalue weighted by Gasteiger charge is -2.28. The summed E-state index contributed by atoms with van der Waals surface area (Å²) in [6, 6.07) is 6.60. The third-order valence-corrected chi connectivity index (χ3v) is 4.49. The molecule has 2 nitrogen and oxygen atoms in total. The van der Waals surface area contributed by atoms with Gasteiger partial charge in [-0.15, -0.1) is 0 Å². The van der Waals surface area contributed by atoms with E-state index in [0.717, 1.165) is 24.8 Å². The van der Waals surface area contributed by atoms with Gasteiger partial charge in [0.05, 0.1) is 5.56 Å². The molecule has 3 rings (SSSR count). The molecule has 1 saturated carbocycles. The monoisotopic (exact) mass is 274 g/mol. The van der Waals surface area contributed by atoms with E-state index in [1.54, 1.807) is 24.3 Å². The fourth-order valence-corrected chi connectivity index (χ4v) is 3.27. The first-order valence-electron chi connectivity index (χ1n) is 7.30. The maximum absolute atomic E-state index is 15.2. The fourth-order valence-electron chi connectivity index (χ4n) is 3.27. The van der Waals surface area contributed by atoms with Gasteiger partial charge in [-0.05, 0) is 37.0 Å². The second-order valence-electron chi connectivity index (χ2n) is 5.99. The van der Waals surface area contributed by atoms with Crippen LogP contribution >= 0.6 is 0 Å². The molecule has 0 aromatic heterocycles. The fraction of sp³-hybridized carbons (Fsp3) is 0.471. The minimum atomic E-state index is -1.17. The first kappa shape index (κ1) is 13.3. The van der Waals surface area contributed by atoms with Gasteiger partial charge in [-0.2, -0.15) is 0 Å². The van der Waals surface area contributed by atoms with Gasteiger partial charge in [-0.1, -0.05) is 36.6 Å². The lowest BCUT2D eigenvalue weighted by molar-refractivity contribution is 0.0697. The first-order chi connectivity index (χ1) is 9.58. The molecule has 0 amide bonds. The Labute approximate surface area is 118 Å². The SMILES string of the molecule is O=C(O)c1ccc(CC2(F)CCCCCC3=CC32)cc1. The largest absolute Gasteiger partial charge is 0.478 e. The van der Waals surface area contributed by atoms with Crippen LogP contribution in [0.1, 0.15) is 48.0 Å². The Morgan fingerprint density at radius 3 is 2.70 bits per heavy atom. The zero-order valence-electron chi connectivity index (χ0n) is 11.4. The molecule has 0 radical (unpaired) electrons. The number of hydrogen-bond donors (Lipinski definition) is 1. The second-order valence-corrected chi connectivity index (χ2v) is 5.99. The van der Waals surface area contributed by atoms with Gasteiger partial charge in [-0.3, -0.25) is 0 Å². The number of carboxylic acid groups (broad SMARTS) is 1. The Hall–Kier alpha value is -1.64. The maximum atomic E-state index is 15.2. The van der Waals surface area contributed by atoms with E-state index in [9.17, 15) is 4.79 Å². The van der Waals surface area contributed by atoms with Gasteiger partial charge in [0, 0.05) is 12.3 Å². The molecular weight excluding hydrogens is 255 g/mol. The number of hydrogen-bond acceptors (Lipinski definition) is 1. The molecular formula is C17H19FO2. The van der Waals surface area contributed by atoms with E-state index in [-0.39, 0.29) is 11.5 Å². The van der Waals surface area contributed by atoms with E-state index in [1.807, 2.05) is 0 Å². The lowest BCUT2D eigenvalue weighted by atomic mass is 9.82. The number of carboxylic acids is 1. The highest BCUT2D eigenvalue weighted by Gasteiger charge is 2.46. The molecule has 0 spiro atoms. The summed E-state index contributed by atoms with van der Waals surface area (Å²) in [5.41, 5.74) is 1.26. The van der Waals surface area contributed by atoms with E-state index >= 15 is 4.39 Å². The van der Waals surface area contributed by atoms with E-state index in [0.29, 0.717) is 12.8 Å². The molecule has 0 heterocycles. The number of alkyl halides is 1. The average molecular weight is 274 g/mol. The van der Waals surface area contributed by atoms with Crippen molar-refractivity contribution in [2.45, 2.75) is 44.2 Å². The number of aromatic carboxylic acids is 1. The highest BCUT2D eigenvalue weighted by atomic mass is 19.1. The second kappa shape index (κ2) is 5.04. The minimum Gasteiger partial charge on any atom is -0.478 e. The van der Waals surface area contributed by atoms with Gasteiger partial charge in [0.25, 0.3) is 0 Å². The van der Waals surface area contributed by atoms with Gasteiger partial charge >= 0.3 is 5.97 Å². The maximum Gasteiger partial charge on any atom is 0.335 e. The molecule has 2 aliphatic rings. The van der Waals surface area contributed by atoms with Crippen LogP contribution in [0, 0.1) is 5.92 Å². The number of allylic oxidation sites excluding steroid dienone is 2. The molecule has 2 aliphatic carbocycles. The lowest BCUT2D eigenvalue weighted by Crippen LogP contribution is -2.31. The summed E-state index contributed by atoms with van der Waals surface area (Å²) in [6.07, 6.45) is 7.36. The summed E-state index contributed by atoms with van der Waals surface area (Å²) in [4.78, 5) is 10.8. The van der Waals surface area contributed by atoms with Crippen molar-refractivity contribution >= 4 is 5.97 Å². The molecule has 2 unspecified atom stereocenters. The standard InChI is InChI=1S/C17H19FO2/c18-17(9-3-1-2-4-14-10-15(14)17)11-12-5-7-13(8-6-12)16(19)20/h5-8,10,15H,1-4,9,11H2,(H,19,20). The zero-order chi connectivity index (χ0) is 14.2. The summed E-state index contributed by atoms with van der Waals surface area (Å²) in [6.45, 7) is 0. The Kier molecular flexibility index (Phi) is 3.36. The molecule has 3 heteroatoms. The van der Waals surface area contributed by atoms with Crippen LogP contribution in [0.4, 0.5) is 4.39 Å². The molecule has 1 fully saturated rings. The van der Waals surface area contributed by atoms with Crippen LogP contribution in [0.2, 0.25) is 0 Å². The van der Waals surface area contributed by atoms with Gasteiger partial charge in [0.2, 0.25) is 0 Å². The molecule has 106 valence electrons. The van der Waals surface area contributed by atoms with Gasteiger partial charge in [0.1, 0.15) is 5.67 Å². The predicted octanol–water partition coefficient (Wildman–Crippen LogP) is 4.16. The predicted molar refractivity (Wildman–Crippen MR) is 75.6 cm³/mol. The average Bonchev–Trinajstić information content (AvgIpc) is 3.17. The first-order valence-corrected chi connectivity index (χ1v) is 7.30. The van der Waals surface area contributed by atoms with E-state index < -0.39 is 11.6 Å². The molecule has 1 aromatic carbocycles. The number of benzene rings is 1. The minimum absolute atomic E-state index is 0.0296. The molecule has 1 N–H and O–H groups in total.